The maximum absolute atomic E-state index is 8.36. The average molecular weight is 1040 g/mol. The lowest BCUT2D eigenvalue weighted by Crippen LogP contribution is -2.32. The molecule has 0 fully saturated rings. The smallest absolute Gasteiger partial charge is 0.122 e. The summed E-state index contributed by atoms with van der Waals surface area (Å²) in [4.78, 5) is 2.57. The molecule has 80 heavy (non-hydrogen) atoms. The quantitative estimate of drug-likeness (QED) is 0.112. The first-order valence-corrected chi connectivity index (χ1v) is 28.3. The van der Waals surface area contributed by atoms with E-state index < -0.39 is 0 Å². The molecule has 9 aromatic carbocycles. The Balaban J connectivity index is 0.000000369. The molecule has 3 aliphatic carbocycles. The van der Waals surface area contributed by atoms with E-state index >= 15 is 0 Å². The molecule has 2 heterocycles. The summed E-state index contributed by atoms with van der Waals surface area (Å²) in [6.07, 6.45) is 24.2. The Labute approximate surface area is 471 Å². The minimum Gasteiger partial charge on any atom is -0.384 e. The molecule has 0 spiro atoms. The third-order valence-electron chi connectivity index (χ3n) is 15.9. The Bertz CT molecular complexity index is 4060. The van der Waals surface area contributed by atoms with Crippen LogP contribution in [0.25, 0.3) is 60.9 Å². The largest absolute Gasteiger partial charge is 0.384 e. The lowest BCUT2D eigenvalue weighted by atomic mass is 9.79. The average Bonchev–Trinajstić information content (AvgIpc) is 4.22. The fourth-order valence-electron chi connectivity index (χ4n) is 12.0. The number of aromatic nitrogens is 1. The lowest BCUT2D eigenvalue weighted by Gasteiger charge is -2.34. The first-order valence-electron chi connectivity index (χ1n) is 28.3. The number of rotatable bonds is 9. The predicted molar refractivity (Wildman–Crippen MR) is 341 cm³/mol. The van der Waals surface area contributed by atoms with Gasteiger partial charge in [0, 0.05) is 44.9 Å². The highest BCUT2D eigenvalue weighted by Crippen LogP contribution is 2.54. The van der Waals surface area contributed by atoms with Gasteiger partial charge < -0.3 is 15.2 Å². The van der Waals surface area contributed by atoms with Crippen molar-refractivity contribution in [2.24, 2.45) is 5.73 Å². The van der Waals surface area contributed by atoms with Crippen LogP contribution in [0.2, 0.25) is 0 Å². The number of nitrogen functional groups attached to an aromatic ring is 1. The Morgan fingerprint density at radius 1 is 0.525 bits per heavy atom. The maximum Gasteiger partial charge on any atom is 0.122 e. The topological polar surface area (TPSA) is 58.0 Å². The van der Waals surface area contributed by atoms with Crippen molar-refractivity contribution in [3.63, 3.8) is 0 Å². The van der Waals surface area contributed by atoms with Gasteiger partial charge in [-0.2, -0.15) is 0 Å². The molecule has 14 rings (SSSR count). The van der Waals surface area contributed by atoms with Crippen molar-refractivity contribution >= 4 is 61.3 Å². The van der Waals surface area contributed by atoms with Gasteiger partial charge in [0.15, 0.2) is 0 Å². The van der Waals surface area contributed by atoms with Gasteiger partial charge in [-0.1, -0.05) is 219 Å². The monoisotopic (exact) mass is 1030 g/mol. The standard InChI is InChI=1S/C61H48N4.C8H10.C7H8/c62-61(63)46-25-16-28-50(33-46)65-58-32-30-45(35-54(58)56-39-48(41-19-8-2-9-20-41)37-52(60(56)65)43-23-12-4-13-24-43)44-29-31-57-53(34-44)55-38-47(40-17-6-1-7-18-40)36-51(42-21-10-3-11-22-42)59(55)64(57)49-26-14-5-15-27-49;1-2-8-6-4-3-5-7-8;1-7-5-3-2-4-6-7/h1,3,5-8,10-12,14-39,55,59H,2,4,9,13H2,(H3,62,63);3-7H,2H2,1H3;2-6H,1H3. The molecule has 1 aromatic heterocycles. The van der Waals surface area contributed by atoms with Crippen LogP contribution in [-0.2, 0) is 6.42 Å². The van der Waals surface area contributed by atoms with Crippen molar-refractivity contribution in [2.45, 2.75) is 57.9 Å². The summed E-state index contributed by atoms with van der Waals surface area (Å²) < 4.78 is 2.40. The number of hydrogen-bond acceptors (Lipinski definition) is 2. The van der Waals surface area contributed by atoms with Crippen LogP contribution < -0.4 is 10.6 Å². The summed E-state index contributed by atoms with van der Waals surface area (Å²) in [7, 11) is 0. The van der Waals surface area contributed by atoms with Crippen molar-refractivity contribution in [1.29, 1.82) is 5.41 Å². The van der Waals surface area contributed by atoms with Gasteiger partial charge in [-0.25, -0.2) is 0 Å². The van der Waals surface area contributed by atoms with Crippen LogP contribution in [0.4, 0.5) is 11.4 Å². The van der Waals surface area contributed by atoms with Gasteiger partial charge in [0.1, 0.15) is 5.84 Å². The molecule has 0 bridgehead atoms. The fraction of sp³-hybridized carbons (Fsp3) is 0.118. The van der Waals surface area contributed by atoms with Gasteiger partial charge >= 0.3 is 0 Å². The van der Waals surface area contributed by atoms with Crippen molar-refractivity contribution in [3.8, 4) is 16.8 Å². The van der Waals surface area contributed by atoms with Gasteiger partial charge in [-0.05, 0) is 167 Å². The SMILES string of the molecule is CCc1ccccc1.Cc1ccccc1.N=C(N)c1cccc(-n2c3ccc(-c4ccc5c(c4)C4C=C(c6ccccc6)C=C(c6ccccc6)C4N5c4ccccc4)cc3c3cc(C4=CCCC=C4)cc(C4=CCCC=C4)c32)c1. The van der Waals surface area contributed by atoms with Crippen LogP contribution in [0.1, 0.15) is 83.0 Å². The van der Waals surface area contributed by atoms with E-state index in [0.717, 1.165) is 48.8 Å². The molecule has 1 aliphatic heterocycles. The van der Waals surface area contributed by atoms with E-state index in [1.807, 2.05) is 36.4 Å². The number of benzene rings is 9. The summed E-state index contributed by atoms with van der Waals surface area (Å²) in [6.45, 7) is 4.25. The van der Waals surface area contributed by atoms with E-state index in [1.54, 1.807) is 0 Å². The Morgan fingerprint density at radius 3 is 1.75 bits per heavy atom. The maximum atomic E-state index is 8.36. The molecule has 390 valence electrons. The number of aryl methyl sites for hydroxylation is 2. The van der Waals surface area contributed by atoms with Crippen molar-refractivity contribution in [2.75, 3.05) is 4.90 Å². The zero-order valence-corrected chi connectivity index (χ0v) is 45.6. The number of amidine groups is 1. The highest BCUT2D eigenvalue weighted by molar-refractivity contribution is 6.15. The molecule has 10 aromatic rings. The number of nitrogens with one attached hydrogen (secondary N) is 1. The minimum absolute atomic E-state index is 0.0612. The molecular weight excluding hydrogens is 969 g/mol. The van der Waals surface area contributed by atoms with E-state index in [1.165, 1.54) is 94.5 Å². The predicted octanol–water partition coefficient (Wildman–Crippen LogP) is 19.2. The van der Waals surface area contributed by atoms with E-state index in [0.29, 0.717) is 5.56 Å². The molecule has 2 atom stereocenters. The zero-order valence-electron chi connectivity index (χ0n) is 45.6. The van der Waals surface area contributed by atoms with E-state index in [4.69, 9.17) is 11.1 Å². The van der Waals surface area contributed by atoms with Crippen molar-refractivity contribution in [3.05, 3.63) is 318 Å². The molecule has 4 heteroatoms. The second kappa shape index (κ2) is 23.2. The molecule has 3 N–H and O–H groups in total. The highest BCUT2D eigenvalue weighted by Gasteiger charge is 2.43. The summed E-state index contributed by atoms with van der Waals surface area (Å²) in [5.74, 6) is 0.171. The van der Waals surface area contributed by atoms with Crippen LogP contribution in [0.5, 0.6) is 0 Å². The number of para-hydroxylation sites is 1. The lowest BCUT2D eigenvalue weighted by molar-refractivity contribution is 0.763. The second-order valence-corrected chi connectivity index (χ2v) is 21.1. The molecule has 0 saturated heterocycles. The molecule has 4 aliphatic rings. The third-order valence-corrected chi connectivity index (χ3v) is 15.9. The van der Waals surface area contributed by atoms with Crippen LogP contribution in [0.3, 0.4) is 0 Å². The summed E-state index contributed by atoms with van der Waals surface area (Å²) >= 11 is 0. The van der Waals surface area contributed by atoms with Crippen molar-refractivity contribution < 1.29 is 0 Å². The number of fused-ring (bicyclic) bond motifs is 6. The van der Waals surface area contributed by atoms with Gasteiger partial charge in [-0.3, -0.25) is 5.41 Å². The van der Waals surface area contributed by atoms with Crippen LogP contribution in [0, 0.1) is 12.3 Å². The molecule has 0 saturated carbocycles. The van der Waals surface area contributed by atoms with Crippen LogP contribution >= 0.6 is 0 Å². The van der Waals surface area contributed by atoms with Gasteiger partial charge in [0.05, 0.1) is 17.1 Å². The molecule has 0 amide bonds. The molecule has 4 nitrogen and oxygen atoms in total. The first kappa shape index (κ1) is 51.3. The fourth-order valence-corrected chi connectivity index (χ4v) is 12.0. The first-order chi connectivity index (χ1) is 39.4. The minimum atomic E-state index is 0.0612. The normalized spacial score (nSPS) is 16.0. The van der Waals surface area contributed by atoms with E-state index in [9.17, 15) is 0 Å². The number of allylic oxidation sites excluding steroid dienone is 10. The zero-order chi connectivity index (χ0) is 54.4. The summed E-state index contributed by atoms with van der Waals surface area (Å²) in [5.41, 5.74) is 28.9. The third kappa shape index (κ3) is 10.5. The highest BCUT2D eigenvalue weighted by atomic mass is 15.2. The summed E-state index contributed by atoms with van der Waals surface area (Å²) in [6, 6.07) is 80.6. The molecule has 2 unspecified atom stereocenters. The van der Waals surface area contributed by atoms with Crippen molar-refractivity contribution in [1.82, 2.24) is 4.57 Å². The van der Waals surface area contributed by atoms with E-state index in [-0.39, 0.29) is 17.8 Å². The molecular formula is C76H66N4. The van der Waals surface area contributed by atoms with E-state index in [2.05, 4.69) is 260 Å². The Kier molecular flexibility index (Phi) is 14.9. The van der Waals surface area contributed by atoms with Gasteiger partial charge in [0.2, 0.25) is 0 Å². The number of anilines is 2. The molecule has 0 radical (unpaired) electrons. The van der Waals surface area contributed by atoms with Crippen LogP contribution in [-0.4, -0.2) is 16.4 Å². The Hall–Kier alpha value is -9.51. The number of nitrogens with two attached hydrogens (primary N) is 1. The Morgan fingerprint density at radius 2 is 1.12 bits per heavy atom. The summed E-state index contributed by atoms with van der Waals surface area (Å²) in [5, 5.41) is 10.8. The second-order valence-electron chi connectivity index (χ2n) is 21.1. The number of nitrogens with zero attached hydrogens (tertiary/aromatic N) is 2. The van der Waals surface area contributed by atoms with Gasteiger partial charge in [0.25, 0.3) is 0 Å². The van der Waals surface area contributed by atoms with Crippen LogP contribution in [0.15, 0.2) is 273 Å². The van der Waals surface area contributed by atoms with Gasteiger partial charge in [-0.15, -0.1) is 0 Å². The number of hydrogen-bond donors (Lipinski definition) is 2.